The van der Waals surface area contributed by atoms with Gasteiger partial charge in [-0.25, -0.2) is 0 Å². The van der Waals surface area contributed by atoms with Gasteiger partial charge in [0.05, 0.1) is 0 Å². The van der Waals surface area contributed by atoms with Gasteiger partial charge in [0.25, 0.3) is 0 Å². The molecule has 0 fully saturated rings. The zero-order valence-electron chi connectivity index (χ0n) is 10.9. The molecule has 1 nitrogen and oxygen atoms in total. The van der Waals surface area contributed by atoms with Crippen LogP contribution in [0.1, 0.15) is 31.7 Å². The first kappa shape index (κ1) is 16.3. The normalized spacial score (nSPS) is 13.5. The Morgan fingerprint density at radius 2 is 2.05 bits per heavy atom. The summed E-state index contributed by atoms with van der Waals surface area (Å²) in [5.41, 5.74) is 0.961. The maximum absolute atomic E-state index is 12.3. The molecule has 1 aromatic rings. The van der Waals surface area contributed by atoms with Crippen LogP contribution >= 0.6 is 11.6 Å². The highest BCUT2D eigenvalue weighted by Crippen LogP contribution is 2.23. The van der Waals surface area contributed by atoms with E-state index < -0.39 is 12.6 Å². The molecule has 1 N–H and O–H groups in total. The molecular formula is C14H19ClF3N. The van der Waals surface area contributed by atoms with E-state index >= 15 is 0 Å². The van der Waals surface area contributed by atoms with E-state index in [4.69, 9.17) is 11.6 Å². The minimum absolute atomic E-state index is 0.0933. The number of alkyl halides is 3. The fourth-order valence-corrected chi connectivity index (χ4v) is 2.12. The molecule has 108 valence electrons. The van der Waals surface area contributed by atoms with Gasteiger partial charge in [-0.15, -0.1) is 0 Å². The lowest BCUT2D eigenvalue weighted by molar-refractivity contribution is -0.136. The van der Waals surface area contributed by atoms with Gasteiger partial charge in [-0.05, 0) is 43.5 Å². The SMILES string of the molecule is CCCNC(CCC(F)(F)F)Cc1cccc(Cl)c1. The van der Waals surface area contributed by atoms with Crippen molar-refractivity contribution in [1.29, 1.82) is 0 Å². The third-order valence-corrected chi connectivity index (χ3v) is 3.07. The van der Waals surface area contributed by atoms with Crippen LogP contribution in [-0.2, 0) is 6.42 Å². The third kappa shape index (κ3) is 7.43. The molecule has 5 heteroatoms. The quantitative estimate of drug-likeness (QED) is 0.775. The zero-order chi connectivity index (χ0) is 14.3. The average molecular weight is 294 g/mol. The van der Waals surface area contributed by atoms with Gasteiger partial charge < -0.3 is 5.32 Å². The molecule has 0 aliphatic carbocycles. The van der Waals surface area contributed by atoms with E-state index in [0.29, 0.717) is 11.4 Å². The minimum Gasteiger partial charge on any atom is -0.314 e. The molecular weight excluding hydrogens is 275 g/mol. The summed E-state index contributed by atoms with van der Waals surface area (Å²) in [5, 5.41) is 3.78. The highest BCUT2D eigenvalue weighted by atomic mass is 35.5. The predicted molar refractivity (Wildman–Crippen MR) is 72.5 cm³/mol. The lowest BCUT2D eigenvalue weighted by Crippen LogP contribution is -2.33. The van der Waals surface area contributed by atoms with Crippen molar-refractivity contribution in [3.63, 3.8) is 0 Å². The number of nitrogens with one attached hydrogen (secondary N) is 1. The molecule has 1 unspecified atom stereocenters. The first-order chi connectivity index (χ1) is 8.90. The molecule has 19 heavy (non-hydrogen) atoms. The Hall–Kier alpha value is -0.740. The van der Waals surface area contributed by atoms with Gasteiger partial charge in [-0.3, -0.25) is 0 Å². The Kier molecular flexibility index (Phi) is 6.66. The Labute approximate surface area is 117 Å². The van der Waals surface area contributed by atoms with E-state index in [1.54, 1.807) is 12.1 Å². The van der Waals surface area contributed by atoms with Crippen molar-refractivity contribution in [2.24, 2.45) is 0 Å². The van der Waals surface area contributed by atoms with Gasteiger partial charge in [0.1, 0.15) is 0 Å². The Morgan fingerprint density at radius 3 is 2.63 bits per heavy atom. The van der Waals surface area contributed by atoms with Crippen LogP contribution in [0.2, 0.25) is 5.02 Å². The van der Waals surface area contributed by atoms with Crippen molar-refractivity contribution in [3.05, 3.63) is 34.9 Å². The smallest absolute Gasteiger partial charge is 0.314 e. The van der Waals surface area contributed by atoms with Crippen LogP contribution in [0.25, 0.3) is 0 Å². The second-order valence-corrected chi connectivity index (χ2v) is 5.08. The summed E-state index contributed by atoms with van der Waals surface area (Å²) in [4.78, 5) is 0. The van der Waals surface area contributed by atoms with Crippen LogP contribution in [0.4, 0.5) is 13.2 Å². The third-order valence-electron chi connectivity index (χ3n) is 2.83. The van der Waals surface area contributed by atoms with Crippen molar-refractivity contribution in [2.45, 2.75) is 44.8 Å². The molecule has 0 radical (unpaired) electrons. The van der Waals surface area contributed by atoms with Gasteiger partial charge in [-0.1, -0.05) is 30.7 Å². The van der Waals surface area contributed by atoms with Crippen LogP contribution in [0, 0.1) is 0 Å². The van der Waals surface area contributed by atoms with Gasteiger partial charge in [-0.2, -0.15) is 13.2 Å². The van der Waals surface area contributed by atoms with Gasteiger partial charge in [0.15, 0.2) is 0 Å². The number of rotatable bonds is 7. The molecule has 0 saturated heterocycles. The largest absolute Gasteiger partial charge is 0.389 e. The van der Waals surface area contributed by atoms with E-state index in [1.165, 1.54) is 0 Å². The molecule has 0 amide bonds. The Morgan fingerprint density at radius 1 is 1.32 bits per heavy atom. The molecule has 1 atom stereocenters. The standard InChI is InChI=1S/C14H19ClF3N/c1-2-8-19-13(6-7-14(16,17)18)10-11-4-3-5-12(15)9-11/h3-5,9,13,19H,2,6-8,10H2,1H3. The Balaban J connectivity index is 2.58. The maximum Gasteiger partial charge on any atom is 0.389 e. The maximum atomic E-state index is 12.3. The highest BCUT2D eigenvalue weighted by Gasteiger charge is 2.28. The van der Waals surface area contributed by atoms with E-state index in [0.717, 1.165) is 18.5 Å². The monoisotopic (exact) mass is 293 g/mol. The van der Waals surface area contributed by atoms with Crippen LogP contribution < -0.4 is 5.32 Å². The lowest BCUT2D eigenvalue weighted by atomic mass is 10.0. The minimum atomic E-state index is -4.10. The number of benzene rings is 1. The number of halogens is 4. The van der Waals surface area contributed by atoms with Crippen LogP contribution in [0.5, 0.6) is 0 Å². The predicted octanol–water partition coefficient (Wildman–Crippen LogP) is 4.59. The summed E-state index contributed by atoms with van der Waals surface area (Å²) in [6, 6.07) is 7.10. The summed E-state index contributed by atoms with van der Waals surface area (Å²) >= 11 is 5.88. The topological polar surface area (TPSA) is 12.0 Å². The van der Waals surface area contributed by atoms with Crippen LogP contribution in [0.3, 0.4) is 0 Å². The molecule has 0 saturated carbocycles. The van der Waals surface area contributed by atoms with Crippen molar-refractivity contribution in [3.8, 4) is 0 Å². The number of hydrogen-bond acceptors (Lipinski definition) is 1. The van der Waals surface area contributed by atoms with Crippen LogP contribution in [-0.4, -0.2) is 18.8 Å². The summed E-state index contributed by atoms with van der Waals surface area (Å²) in [7, 11) is 0. The second-order valence-electron chi connectivity index (χ2n) is 4.64. The first-order valence-corrected chi connectivity index (χ1v) is 6.83. The fraction of sp³-hybridized carbons (Fsp3) is 0.571. The molecule has 0 aliphatic heterocycles. The molecule has 1 aromatic carbocycles. The average Bonchev–Trinajstić information content (AvgIpc) is 2.31. The van der Waals surface area contributed by atoms with Crippen molar-refractivity contribution in [1.82, 2.24) is 5.32 Å². The molecule has 0 heterocycles. The number of hydrogen-bond donors (Lipinski definition) is 1. The first-order valence-electron chi connectivity index (χ1n) is 6.45. The second kappa shape index (κ2) is 7.75. The van der Waals surface area contributed by atoms with Crippen molar-refractivity contribution in [2.75, 3.05) is 6.54 Å². The van der Waals surface area contributed by atoms with Crippen molar-refractivity contribution < 1.29 is 13.2 Å². The van der Waals surface area contributed by atoms with Gasteiger partial charge in [0.2, 0.25) is 0 Å². The van der Waals surface area contributed by atoms with E-state index in [1.807, 2.05) is 19.1 Å². The van der Waals surface area contributed by atoms with E-state index in [2.05, 4.69) is 5.32 Å². The molecule has 0 spiro atoms. The fourth-order valence-electron chi connectivity index (χ4n) is 1.91. The lowest BCUT2D eigenvalue weighted by Gasteiger charge is -2.19. The zero-order valence-corrected chi connectivity index (χ0v) is 11.7. The summed E-state index contributed by atoms with van der Waals surface area (Å²) in [6.45, 7) is 2.72. The summed E-state index contributed by atoms with van der Waals surface area (Å²) in [5.74, 6) is 0. The molecule has 0 aromatic heterocycles. The Bertz CT molecular complexity index is 379. The van der Waals surface area contributed by atoms with Crippen molar-refractivity contribution >= 4 is 11.6 Å². The molecule has 1 rings (SSSR count). The summed E-state index contributed by atoms with van der Waals surface area (Å²) < 4.78 is 36.9. The highest BCUT2D eigenvalue weighted by molar-refractivity contribution is 6.30. The summed E-state index contributed by atoms with van der Waals surface area (Å²) in [6.07, 6.45) is -3.29. The van der Waals surface area contributed by atoms with E-state index in [9.17, 15) is 13.2 Å². The van der Waals surface area contributed by atoms with Crippen LogP contribution in [0.15, 0.2) is 24.3 Å². The molecule has 0 aliphatic rings. The van der Waals surface area contributed by atoms with E-state index in [-0.39, 0.29) is 12.5 Å². The molecule has 0 bridgehead atoms. The van der Waals surface area contributed by atoms with Gasteiger partial charge >= 0.3 is 6.18 Å². The van der Waals surface area contributed by atoms with Gasteiger partial charge in [0, 0.05) is 17.5 Å².